The number of carbonyl (C=O) groups is 1. The van der Waals surface area contributed by atoms with Crippen molar-refractivity contribution in [1.29, 1.82) is 0 Å². The molecule has 182 valence electrons. The maximum absolute atomic E-state index is 13.6. The smallest absolute Gasteiger partial charge is 0.268 e. The number of nitrogens with one attached hydrogen (secondary N) is 1. The van der Waals surface area contributed by atoms with E-state index in [-0.39, 0.29) is 16.1 Å². The van der Waals surface area contributed by atoms with Crippen molar-refractivity contribution < 1.29 is 13.2 Å². The Labute approximate surface area is 211 Å². The first-order valence-electron chi connectivity index (χ1n) is 11.4. The Kier molecular flexibility index (Phi) is 7.64. The van der Waals surface area contributed by atoms with Crippen LogP contribution in [0.3, 0.4) is 0 Å². The average molecular weight is 508 g/mol. The Bertz CT molecular complexity index is 1340. The molecule has 1 unspecified atom stereocenters. The van der Waals surface area contributed by atoms with Gasteiger partial charge in [-0.25, -0.2) is 12.7 Å². The van der Waals surface area contributed by atoms with Gasteiger partial charge in [-0.1, -0.05) is 36.4 Å². The van der Waals surface area contributed by atoms with Crippen LogP contribution < -0.4 is 9.62 Å². The van der Waals surface area contributed by atoms with Crippen LogP contribution in [-0.4, -0.2) is 45.1 Å². The third kappa shape index (κ3) is 5.78. The van der Waals surface area contributed by atoms with E-state index in [0.29, 0.717) is 16.9 Å². The molecule has 0 bridgehead atoms. The molecular weight excluding hydrogens is 478 g/mol. The van der Waals surface area contributed by atoms with Gasteiger partial charge in [0, 0.05) is 27.6 Å². The number of thioether (sulfide) groups is 1. The van der Waals surface area contributed by atoms with Crippen LogP contribution in [0.2, 0.25) is 0 Å². The molecule has 0 radical (unpaired) electrons. The first-order chi connectivity index (χ1) is 16.8. The Morgan fingerprint density at radius 1 is 1.00 bits per heavy atom. The van der Waals surface area contributed by atoms with Gasteiger partial charge in [-0.3, -0.25) is 4.79 Å². The minimum absolute atomic E-state index is 0.155. The minimum atomic E-state index is -3.85. The number of para-hydroxylation sites is 1. The lowest BCUT2D eigenvalue weighted by molar-refractivity contribution is 0.102. The molecule has 1 heterocycles. The minimum Gasteiger partial charge on any atom is -0.322 e. The van der Waals surface area contributed by atoms with Crippen LogP contribution in [-0.2, 0) is 10.0 Å². The van der Waals surface area contributed by atoms with Gasteiger partial charge in [-0.15, -0.1) is 11.8 Å². The molecule has 0 spiro atoms. The van der Waals surface area contributed by atoms with Crippen LogP contribution in [0.5, 0.6) is 0 Å². The number of fused-ring (bicyclic) bond motifs is 1. The fourth-order valence-electron chi connectivity index (χ4n) is 3.80. The van der Waals surface area contributed by atoms with Gasteiger partial charge in [0.2, 0.25) is 0 Å². The van der Waals surface area contributed by atoms with E-state index in [9.17, 15) is 13.2 Å². The number of hydrogen-bond donors (Lipinski definition) is 1. The Morgan fingerprint density at radius 2 is 1.69 bits per heavy atom. The molecule has 8 heteroatoms. The van der Waals surface area contributed by atoms with Crippen LogP contribution >= 0.6 is 11.8 Å². The molecule has 0 fully saturated rings. The van der Waals surface area contributed by atoms with Crippen LogP contribution in [0.4, 0.5) is 11.4 Å². The highest BCUT2D eigenvalue weighted by atomic mass is 32.2. The fourth-order valence-corrected chi connectivity index (χ4v) is 6.35. The number of anilines is 2. The van der Waals surface area contributed by atoms with Crippen molar-refractivity contribution in [3.05, 3.63) is 96.2 Å². The Balaban J connectivity index is 1.58. The lowest BCUT2D eigenvalue weighted by atomic mass is 10.1. The van der Waals surface area contributed by atoms with Crippen LogP contribution in [0, 0.1) is 6.92 Å². The molecule has 35 heavy (non-hydrogen) atoms. The van der Waals surface area contributed by atoms with E-state index >= 15 is 0 Å². The largest absolute Gasteiger partial charge is 0.322 e. The van der Waals surface area contributed by atoms with Crippen LogP contribution in [0.15, 0.2) is 94.9 Å². The average Bonchev–Trinajstić information content (AvgIpc) is 3.03. The molecule has 4 rings (SSSR count). The molecule has 1 atom stereocenters. The number of benzene rings is 3. The zero-order valence-electron chi connectivity index (χ0n) is 20.0. The SMILES string of the molecule is Cc1ccccc1C(=O)Nc1ccc(S(=O)(=O)N2C=CC(CCN(C)C)Sc3ccccc32)cc1. The fraction of sp³-hybridized carbons (Fsp3) is 0.222. The van der Waals surface area contributed by atoms with Crippen molar-refractivity contribution in [2.45, 2.75) is 28.4 Å². The number of rotatable bonds is 7. The lowest BCUT2D eigenvalue weighted by Gasteiger charge is -2.21. The third-order valence-corrected chi connectivity index (χ3v) is 8.74. The summed E-state index contributed by atoms with van der Waals surface area (Å²) in [7, 11) is 0.214. The number of carbonyl (C=O) groups excluding carboxylic acids is 1. The van der Waals surface area contributed by atoms with Gasteiger partial charge >= 0.3 is 0 Å². The highest BCUT2D eigenvalue weighted by Gasteiger charge is 2.28. The normalized spacial score (nSPS) is 15.5. The topological polar surface area (TPSA) is 69.7 Å². The predicted octanol–water partition coefficient (Wildman–Crippen LogP) is 5.38. The second-order valence-electron chi connectivity index (χ2n) is 8.65. The van der Waals surface area contributed by atoms with Crippen molar-refractivity contribution in [3.8, 4) is 0 Å². The first kappa shape index (κ1) is 25.0. The van der Waals surface area contributed by atoms with Gasteiger partial charge in [0.05, 0.1) is 10.6 Å². The van der Waals surface area contributed by atoms with E-state index in [1.165, 1.54) is 16.4 Å². The summed E-state index contributed by atoms with van der Waals surface area (Å²) in [6.45, 7) is 2.78. The standard InChI is InChI=1S/C27H29N3O3S2/c1-20-8-4-5-9-24(20)27(31)28-21-12-14-23(15-13-21)35(32,33)30-19-17-22(16-18-29(2)3)34-26-11-7-6-10-25(26)30/h4-15,17,19,22H,16,18H2,1-3H3,(H,28,31). The monoisotopic (exact) mass is 507 g/mol. The van der Waals surface area contributed by atoms with E-state index in [2.05, 4.69) is 10.2 Å². The maximum Gasteiger partial charge on any atom is 0.268 e. The second kappa shape index (κ2) is 10.7. The number of amides is 1. The van der Waals surface area contributed by atoms with Gasteiger partial charge in [-0.05, 0) is 82.0 Å². The molecule has 3 aromatic carbocycles. The summed E-state index contributed by atoms with van der Waals surface area (Å²) >= 11 is 1.68. The van der Waals surface area contributed by atoms with Gasteiger partial charge in [-0.2, -0.15) is 0 Å². The van der Waals surface area contributed by atoms with Crippen LogP contribution in [0.1, 0.15) is 22.3 Å². The third-order valence-electron chi connectivity index (χ3n) is 5.74. The van der Waals surface area contributed by atoms with Gasteiger partial charge < -0.3 is 10.2 Å². The second-order valence-corrected chi connectivity index (χ2v) is 11.7. The molecule has 3 aromatic rings. The van der Waals surface area contributed by atoms with Crippen molar-refractivity contribution in [2.24, 2.45) is 0 Å². The Hall–Kier alpha value is -3.07. The number of nitrogens with zero attached hydrogens (tertiary/aromatic N) is 2. The number of sulfonamides is 1. The maximum atomic E-state index is 13.6. The van der Waals surface area contributed by atoms with Gasteiger partial charge in [0.1, 0.15) is 0 Å². The molecule has 0 aliphatic carbocycles. The molecule has 1 aliphatic heterocycles. The molecule has 1 amide bonds. The zero-order chi connectivity index (χ0) is 25.0. The molecule has 0 saturated carbocycles. The summed E-state index contributed by atoms with van der Waals surface area (Å²) in [6, 6.07) is 21.2. The van der Waals surface area contributed by atoms with E-state index in [4.69, 9.17) is 0 Å². The molecule has 0 aromatic heterocycles. The van der Waals surface area contributed by atoms with Gasteiger partial charge in [0.25, 0.3) is 15.9 Å². The number of hydrogen-bond acceptors (Lipinski definition) is 5. The predicted molar refractivity (Wildman–Crippen MR) is 144 cm³/mol. The van der Waals surface area contributed by atoms with E-state index in [1.54, 1.807) is 36.2 Å². The highest BCUT2D eigenvalue weighted by molar-refractivity contribution is 8.00. The first-order valence-corrected chi connectivity index (χ1v) is 13.7. The molecule has 0 saturated heterocycles. The lowest BCUT2D eigenvalue weighted by Crippen LogP contribution is -2.26. The number of aryl methyl sites for hydroxylation is 1. The molecule has 6 nitrogen and oxygen atoms in total. The van der Waals surface area contributed by atoms with Crippen molar-refractivity contribution in [3.63, 3.8) is 0 Å². The summed E-state index contributed by atoms with van der Waals surface area (Å²) < 4.78 is 28.6. The molecular formula is C27H29N3O3S2. The summed E-state index contributed by atoms with van der Waals surface area (Å²) in [6.07, 6.45) is 4.54. The van der Waals surface area contributed by atoms with Crippen molar-refractivity contribution in [2.75, 3.05) is 30.3 Å². The van der Waals surface area contributed by atoms with Crippen molar-refractivity contribution >= 4 is 39.1 Å². The van der Waals surface area contributed by atoms with Crippen molar-refractivity contribution in [1.82, 2.24) is 4.90 Å². The summed E-state index contributed by atoms with van der Waals surface area (Å²) in [4.78, 5) is 15.8. The van der Waals surface area contributed by atoms with E-state index < -0.39 is 10.0 Å². The summed E-state index contributed by atoms with van der Waals surface area (Å²) in [5.74, 6) is -0.233. The summed E-state index contributed by atoms with van der Waals surface area (Å²) in [5.41, 5.74) is 2.62. The highest BCUT2D eigenvalue weighted by Crippen LogP contribution is 2.39. The zero-order valence-corrected chi connectivity index (χ0v) is 21.6. The van der Waals surface area contributed by atoms with E-state index in [0.717, 1.165) is 23.4 Å². The Morgan fingerprint density at radius 3 is 2.40 bits per heavy atom. The van der Waals surface area contributed by atoms with Crippen LogP contribution in [0.25, 0.3) is 0 Å². The molecule has 1 aliphatic rings. The quantitative estimate of drug-likeness (QED) is 0.465. The summed E-state index contributed by atoms with van der Waals surface area (Å²) in [5, 5.41) is 3.01. The van der Waals surface area contributed by atoms with Gasteiger partial charge in [0.15, 0.2) is 0 Å². The molecule has 1 N–H and O–H groups in total. The van der Waals surface area contributed by atoms with E-state index in [1.807, 2.05) is 69.6 Å².